The molecule has 0 fully saturated rings. The van der Waals surface area contributed by atoms with Gasteiger partial charge in [0.05, 0.1) is 26.3 Å². The van der Waals surface area contributed by atoms with Crippen LogP contribution in [0.15, 0.2) is 63.9 Å². The largest absolute Gasteiger partial charge is 0.497 e. The van der Waals surface area contributed by atoms with Crippen LogP contribution in [-0.4, -0.2) is 27.8 Å². The first-order valence-corrected chi connectivity index (χ1v) is 9.38. The van der Waals surface area contributed by atoms with Gasteiger partial charge in [-0.2, -0.15) is 0 Å². The van der Waals surface area contributed by atoms with Crippen LogP contribution >= 0.6 is 15.9 Å². The molecule has 4 aromatic rings. The van der Waals surface area contributed by atoms with Crippen LogP contribution in [0, 0.1) is 0 Å². The molecule has 1 N–H and O–H groups in total. The van der Waals surface area contributed by atoms with Crippen LogP contribution in [0.1, 0.15) is 11.1 Å². The second kappa shape index (κ2) is 7.85. The standard InChI is InChI=1S/C20H17BrN4O3/c1-27-16-6-7-17-14(11-28-18(17)9-16)8-19(26)23-20-22-12-25(24-20)10-13-2-4-15(21)5-3-13/h2-7,9,11-12H,8,10H2,1H3,(H,23,24,26). The molecule has 0 aliphatic carbocycles. The zero-order valence-corrected chi connectivity index (χ0v) is 16.6. The number of hydrogen-bond acceptors (Lipinski definition) is 5. The Kier molecular flexibility index (Phi) is 5.12. The van der Waals surface area contributed by atoms with Crippen LogP contribution in [0.5, 0.6) is 5.75 Å². The highest BCUT2D eigenvalue weighted by molar-refractivity contribution is 9.10. The van der Waals surface area contributed by atoms with E-state index in [2.05, 4.69) is 31.3 Å². The van der Waals surface area contributed by atoms with Gasteiger partial charge in [-0.1, -0.05) is 28.1 Å². The first-order valence-electron chi connectivity index (χ1n) is 8.58. The number of halogens is 1. The predicted octanol–water partition coefficient (Wildman–Crippen LogP) is 4.02. The molecule has 0 bridgehead atoms. The zero-order chi connectivity index (χ0) is 19.5. The van der Waals surface area contributed by atoms with E-state index < -0.39 is 0 Å². The maximum Gasteiger partial charge on any atom is 0.248 e. The van der Waals surface area contributed by atoms with E-state index in [1.165, 1.54) is 0 Å². The molecule has 0 unspecified atom stereocenters. The lowest BCUT2D eigenvalue weighted by molar-refractivity contribution is -0.115. The molecule has 0 spiro atoms. The second-order valence-corrected chi connectivity index (χ2v) is 7.16. The number of hydrogen-bond donors (Lipinski definition) is 1. The number of nitrogens with one attached hydrogen (secondary N) is 1. The van der Waals surface area contributed by atoms with Crippen LogP contribution in [0.3, 0.4) is 0 Å². The number of aromatic nitrogens is 3. The molecule has 8 heteroatoms. The van der Waals surface area contributed by atoms with Gasteiger partial charge in [0, 0.05) is 21.5 Å². The van der Waals surface area contributed by atoms with Crippen LogP contribution < -0.4 is 10.1 Å². The maximum absolute atomic E-state index is 12.4. The molecular formula is C20H17BrN4O3. The van der Waals surface area contributed by atoms with Gasteiger partial charge in [0.15, 0.2) is 0 Å². The Hall–Kier alpha value is -3.13. The summed E-state index contributed by atoms with van der Waals surface area (Å²) in [4.78, 5) is 16.5. The molecule has 0 atom stereocenters. The Bertz CT molecular complexity index is 1120. The van der Waals surface area contributed by atoms with Crippen molar-refractivity contribution in [2.24, 2.45) is 0 Å². The number of nitrogens with zero attached hydrogens (tertiary/aromatic N) is 3. The summed E-state index contributed by atoms with van der Waals surface area (Å²) in [6.45, 7) is 0.574. The van der Waals surface area contributed by atoms with Crippen LogP contribution in [-0.2, 0) is 17.8 Å². The highest BCUT2D eigenvalue weighted by atomic mass is 79.9. The van der Waals surface area contributed by atoms with Crippen molar-refractivity contribution >= 4 is 38.8 Å². The fraction of sp³-hybridized carbons (Fsp3) is 0.150. The van der Waals surface area contributed by atoms with E-state index in [0.717, 1.165) is 21.0 Å². The van der Waals surface area contributed by atoms with Crippen molar-refractivity contribution < 1.29 is 13.9 Å². The molecule has 0 radical (unpaired) electrons. The first kappa shape index (κ1) is 18.2. The molecule has 7 nitrogen and oxygen atoms in total. The number of benzene rings is 2. The number of anilines is 1. The topological polar surface area (TPSA) is 82.2 Å². The van der Waals surface area contributed by atoms with Crippen molar-refractivity contribution in [3.8, 4) is 5.75 Å². The fourth-order valence-corrected chi connectivity index (χ4v) is 3.14. The second-order valence-electron chi connectivity index (χ2n) is 6.24. The van der Waals surface area contributed by atoms with Crippen molar-refractivity contribution in [1.82, 2.24) is 14.8 Å². The monoisotopic (exact) mass is 440 g/mol. The quantitative estimate of drug-likeness (QED) is 0.489. The summed E-state index contributed by atoms with van der Waals surface area (Å²) in [7, 11) is 1.60. The van der Waals surface area contributed by atoms with Gasteiger partial charge in [0.25, 0.3) is 0 Å². The van der Waals surface area contributed by atoms with E-state index in [1.807, 2.05) is 36.4 Å². The number of ether oxygens (including phenoxy) is 1. The van der Waals surface area contributed by atoms with E-state index in [0.29, 0.717) is 17.9 Å². The van der Waals surface area contributed by atoms with Gasteiger partial charge in [-0.15, -0.1) is 5.10 Å². The third kappa shape index (κ3) is 4.07. The summed E-state index contributed by atoms with van der Waals surface area (Å²) < 4.78 is 13.4. The minimum absolute atomic E-state index is 0.167. The number of carbonyl (C=O) groups is 1. The summed E-state index contributed by atoms with van der Waals surface area (Å²) in [5.41, 5.74) is 2.56. The molecule has 0 saturated carbocycles. The number of furan rings is 1. The van der Waals surface area contributed by atoms with Crippen molar-refractivity contribution in [2.75, 3.05) is 12.4 Å². The Morgan fingerprint density at radius 1 is 1.25 bits per heavy atom. The summed E-state index contributed by atoms with van der Waals surface area (Å²) >= 11 is 3.41. The highest BCUT2D eigenvalue weighted by Crippen LogP contribution is 2.26. The Labute approximate surface area is 169 Å². The molecular weight excluding hydrogens is 424 g/mol. The third-order valence-electron chi connectivity index (χ3n) is 4.26. The summed E-state index contributed by atoms with van der Waals surface area (Å²) in [5.74, 6) is 0.773. The highest BCUT2D eigenvalue weighted by Gasteiger charge is 2.13. The van der Waals surface area contributed by atoms with Crippen LogP contribution in [0.25, 0.3) is 11.0 Å². The van der Waals surface area contributed by atoms with E-state index in [-0.39, 0.29) is 18.3 Å². The van der Waals surface area contributed by atoms with E-state index >= 15 is 0 Å². The van der Waals surface area contributed by atoms with Gasteiger partial charge in [0.2, 0.25) is 11.9 Å². The maximum atomic E-state index is 12.4. The minimum atomic E-state index is -0.208. The number of carbonyl (C=O) groups excluding carboxylic acids is 1. The fourth-order valence-electron chi connectivity index (χ4n) is 2.87. The zero-order valence-electron chi connectivity index (χ0n) is 15.1. The van der Waals surface area contributed by atoms with Gasteiger partial charge in [-0.25, -0.2) is 9.67 Å². The molecule has 142 valence electrons. The lowest BCUT2D eigenvalue weighted by atomic mass is 10.1. The summed E-state index contributed by atoms with van der Waals surface area (Å²) in [6.07, 6.45) is 3.35. The average molecular weight is 441 g/mol. The number of rotatable bonds is 6. The molecule has 0 aliphatic heterocycles. The van der Waals surface area contributed by atoms with Crippen molar-refractivity contribution in [1.29, 1.82) is 0 Å². The number of amides is 1. The molecule has 2 aromatic carbocycles. The molecule has 2 heterocycles. The minimum Gasteiger partial charge on any atom is -0.497 e. The van der Waals surface area contributed by atoms with Gasteiger partial charge in [-0.05, 0) is 29.8 Å². The van der Waals surface area contributed by atoms with Crippen molar-refractivity contribution in [2.45, 2.75) is 13.0 Å². The Morgan fingerprint density at radius 3 is 2.86 bits per heavy atom. The van der Waals surface area contributed by atoms with Gasteiger partial charge >= 0.3 is 0 Å². The first-order chi connectivity index (χ1) is 13.6. The van der Waals surface area contributed by atoms with Crippen molar-refractivity contribution in [3.63, 3.8) is 0 Å². The molecule has 2 aromatic heterocycles. The predicted molar refractivity (Wildman–Crippen MR) is 108 cm³/mol. The van der Waals surface area contributed by atoms with Gasteiger partial charge in [0.1, 0.15) is 17.7 Å². The normalized spacial score (nSPS) is 10.9. The Morgan fingerprint density at radius 2 is 2.07 bits per heavy atom. The number of fused-ring (bicyclic) bond motifs is 1. The van der Waals surface area contributed by atoms with Gasteiger partial charge < -0.3 is 9.15 Å². The van der Waals surface area contributed by atoms with Gasteiger partial charge in [-0.3, -0.25) is 10.1 Å². The van der Waals surface area contributed by atoms with Crippen LogP contribution in [0.4, 0.5) is 5.95 Å². The molecule has 0 saturated heterocycles. The smallest absolute Gasteiger partial charge is 0.248 e. The van der Waals surface area contributed by atoms with E-state index in [9.17, 15) is 4.79 Å². The van der Waals surface area contributed by atoms with Crippen LogP contribution in [0.2, 0.25) is 0 Å². The van der Waals surface area contributed by atoms with E-state index in [4.69, 9.17) is 9.15 Å². The lowest BCUT2D eigenvalue weighted by Gasteiger charge is -2.02. The SMILES string of the molecule is COc1ccc2c(CC(=O)Nc3ncn(Cc4ccc(Br)cc4)n3)coc2c1. The number of methoxy groups -OCH3 is 1. The molecule has 0 aliphatic rings. The third-order valence-corrected chi connectivity index (χ3v) is 4.79. The van der Waals surface area contributed by atoms with Crippen molar-refractivity contribution in [3.05, 3.63) is 70.7 Å². The summed E-state index contributed by atoms with van der Waals surface area (Å²) in [6, 6.07) is 13.5. The summed E-state index contributed by atoms with van der Waals surface area (Å²) in [5, 5.41) is 7.91. The Balaban J connectivity index is 1.40. The molecule has 28 heavy (non-hydrogen) atoms. The van der Waals surface area contributed by atoms with E-state index in [1.54, 1.807) is 30.4 Å². The molecule has 1 amide bonds. The molecule has 4 rings (SSSR count). The average Bonchev–Trinajstić information content (AvgIpc) is 3.30. The lowest BCUT2D eigenvalue weighted by Crippen LogP contribution is -2.15.